The average Bonchev–Trinajstić information content (AvgIpc) is 3.13. The van der Waals surface area contributed by atoms with Crippen LogP contribution in [0, 0.1) is 0 Å². The van der Waals surface area contributed by atoms with Crippen LogP contribution in [0.4, 0.5) is 5.82 Å². The van der Waals surface area contributed by atoms with Crippen LogP contribution >= 0.6 is 15.6 Å². The van der Waals surface area contributed by atoms with E-state index in [9.17, 15) is 32.7 Å². The molecule has 0 aliphatic carbocycles. The molecule has 5 atom stereocenters. The molecular weight excluding hydrogens is 492 g/mol. The molecule has 3 heterocycles. The highest BCUT2D eigenvalue weighted by molar-refractivity contribution is 7.85. The lowest BCUT2D eigenvalue weighted by atomic mass is 10.1. The van der Waals surface area contributed by atoms with Gasteiger partial charge in [-0.05, 0) is 0 Å². The molecular formula is C10H15N5O13P2S. The number of nitrogens with one attached hydrogen (secondary N) is 1. The molecule has 1 fully saturated rings. The van der Waals surface area contributed by atoms with E-state index in [1.54, 1.807) is 0 Å². The lowest BCUT2D eigenvalue weighted by Crippen LogP contribution is -2.33. The third-order valence-corrected chi connectivity index (χ3v) is 6.30. The number of rotatable bonds is 8. The third-order valence-electron chi connectivity index (χ3n) is 3.81. The number of imidazole rings is 1. The summed E-state index contributed by atoms with van der Waals surface area (Å²) < 4.78 is 66.4. The molecule has 0 bridgehead atoms. The molecule has 7 N–H and O–H groups in total. The SMILES string of the molecule is O=P(O)(O)Nc1ncnc2c1ncn2[C@@H]1O[C@H](COP(=O)(O)OS(=O)(=O)O)[C@@H](O)[C@H]1O. The standard InChI is InChI=1S/C10H15N5O13P2S/c16-6-4(1-26-30(21,22)28-31(23,24)25)27-10(7(6)17)15-3-13-5-8(14-29(18,19)20)11-2-12-9(5)15/h2-4,6-7,10,16-17H,1H2,(H,21,22)(H,23,24,25)(H3,11,12,14,18,19,20)/t4-,6-,7-,10-/m1/s1. The molecule has 0 radical (unpaired) electrons. The second kappa shape index (κ2) is 8.39. The summed E-state index contributed by atoms with van der Waals surface area (Å²) in [6.45, 7) is -0.940. The highest BCUT2D eigenvalue weighted by atomic mass is 32.3. The van der Waals surface area contributed by atoms with Crippen molar-refractivity contribution in [2.45, 2.75) is 24.5 Å². The maximum Gasteiger partial charge on any atom is 0.488 e. The monoisotopic (exact) mass is 507 g/mol. The molecule has 1 unspecified atom stereocenters. The van der Waals surface area contributed by atoms with Gasteiger partial charge in [0.15, 0.2) is 23.2 Å². The van der Waals surface area contributed by atoms with Gasteiger partial charge in [-0.25, -0.2) is 24.1 Å². The van der Waals surface area contributed by atoms with Crippen molar-refractivity contribution in [1.29, 1.82) is 0 Å². The van der Waals surface area contributed by atoms with Crippen LogP contribution in [0.2, 0.25) is 0 Å². The predicted molar refractivity (Wildman–Crippen MR) is 95.3 cm³/mol. The Kier molecular flexibility index (Phi) is 6.51. The quantitative estimate of drug-likeness (QED) is 0.149. The minimum absolute atomic E-state index is 0.0636. The van der Waals surface area contributed by atoms with Crippen molar-refractivity contribution in [3.05, 3.63) is 12.7 Å². The Hall–Kier alpha value is -1.60. The maximum atomic E-state index is 11.5. The zero-order valence-electron chi connectivity index (χ0n) is 14.8. The lowest BCUT2D eigenvalue weighted by Gasteiger charge is -2.17. The number of nitrogens with zero attached hydrogens (tertiary/aromatic N) is 4. The number of hydrogen-bond acceptors (Lipinski definition) is 12. The van der Waals surface area contributed by atoms with Crippen molar-refractivity contribution in [2.75, 3.05) is 11.7 Å². The highest BCUT2D eigenvalue weighted by Gasteiger charge is 2.45. The molecule has 31 heavy (non-hydrogen) atoms. The second-order valence-electron chi connectivity index (χ2n) is 6.02. The summed E-state index contributed by atoms with van der Waals surface area (Å²) in [5, 5.41) is 22.2. The molecule has 3 rings (SSSR count). The number of ether oxygens (including phenoxy) is 1. The number of aromatic nitrogens is 4. The van der Waals surface area contributed by atoms with Gasteiger partial charge in [-0.15, -0.1) is 3.97 Å². The minimum atomic E-state index is -5.32. The van der Waals surface area contributed by atoms with E-state index in [0.29, 0.717) is 0 Å². The van der Waals surface area contributed by atoms with Crippen molar-refractivity contribution in [2.24, 2.45) is 0 Å². The van der Waals surface area contributed by atoms with Gasteiger partial charge >= 0.3 is 26.0 Å². The summed E-state index contributed by atoms with van der Waals surface area (Å²) in [6.07, 6.45) is -4.25. The molecule has 0 amide bonds. The molecule has 1 aliphatic rings. The van der Waals surface area contributed by atoms with E-state index in [0.717, 1.165) is 17.2 Å². The van der Waals surface area contributed by atoms with Crippen LogP contribution in [0.15, 0.2) is 12.7 Å². The van der Waals surface area contributed by atoms with Crippen molar-refractivity contribution in [3.63, 3.8) is 0 Å². The fourth-order valence-corrected chi connectivity index (χ4v) is 4.56. The largest absolute Gasteiger partial charge is 0.488 e. The summed E-state index contributed by atoms with van der Waals surface area (Å²) >= 11 is 0. The van der Waals surface area contributed by atoms with Crippen molar-refractivity contribution < 1.29 is 60.2 Å². The number of fused-ring (bicyclic) bond motifs is 1. The van der Waals surface area contributed by atoms with Crippen LogP contribution in [0.25, 0.3) is 11.2 Å². The number of aliphatic hydroxyl groups is 2. The van der Waals surface area contributed by atoms with Crippen molar-refractivity contribution >= 4 is 42.9 Å². The van der Waals surface area contributed by atoms with Gasteiger partial charge < -0.3 is 29.6 Å². The number of anilines is 1. The van der Waals surface area contributed by atoms with E-state index in [1.165, 1.54) is 0 Å². The van der Waals surface area contributed by atoms with E-state index < -0.39 is 57.1 Å². The van der Waals surface area contributed by atoms with Crippen LogP contribution in [-0.4, -0.2) is 82.3 Å². The molecule has 18 nitrogen and oxygen atoms in total. The first kappa shape index (κ1) is 24.1. The van der Waals surface area contributed by atoms with Crippen molar-refractivity contribution in [1.82, 2.24) is 19.5 Å². The van der Waals surface area contributed by atoms with Crippen LogP contribution in [0.5, 0.6) is 0 Å². The molecule has 1 aliphatic heterocycles. The van der Waals surface area contributed by atoms with E-state index in [2.05, 4.69) is 23.4 Å². The number of phosphoric ester groups is 1. The van der Waals surface area contributed by atoms with Gasteiger partial charge in [0.1, 0.15) is 24.6 Å². The Morgan fingerprint density at radius 2 is 1.84 bits per heavy atom. The first-order valence-electron chi connectivity index (χ1n) is 7.86. The molecule has 0 saturated carbocycles. The van der Waals surface area contributed by atoms with Gasteiger partial charge in [0, 0.05) is 0 Å². The van der Waals surface area contributed by atoms with Gasteiger partial charge in [0.2, 0.25) is 0 Å². The number of phosphoric acid groups is 1. The fraction of sp³-hybridized carbons (Fsp3) is 0.500. The van der Waals surface area contributed by atoms with Crippen LogP contribution in [0.3, 0.4) is 0 Å². The summed E-state index contributed by atoms with van der Waals surface area (Å²) in [7, 11) is -15.3. The van der Waals surface area contributed by atoms with Gasteiger partial charge in [0.05, 0.1) is 12.9 Å². The second-order valence-corrected chi connectivity index (χ2v) is 9.97. The zero-order valence-corrected chi connectivity index (χ0v) is 17.4. The van der Waals surface area contributed by atoms with Crippen molar-refractivity contribution in [3.8, 4) is 0 Å². The molecule has 174 valence electrons. The van der Waals surface area contributed by atoms with Gasteiger partial charge in [-0.3, -0.25) is 18.7 Å². The first-order chi connectivity index (χ1) is 14.2. The maximum absolute atomic E-state index is 11.5. The number of aliphatic hydroxyl groups excluding tert-OH is 2. The molecule has 1 saturated heterocycles. The van der Waals surface area contributed by atoms with Crippen LogP contribution < -0.4 is 5.09 Å². The number of hydrogen-bond donors (Lipinski definition) is 7. The van der Waals surface area contributed by atoms with Gasteiger partial charge in [-0.2, -0.15) is 8.42 Å². The van der Waals surface area contributed by atoms with Crippen LogP contribution in [0.1, 0.15) is 6.23 Å². The Balaban J connectivity index is 1.80. The molecule has 2 aromatic heterocycles. The van der Waals surface area contributed by atoms with E-state index in [1.807, 2.05) is 5.09 Å². The highest BCUT2D eigenvalue weighted by Crippen LogP contribution is 2.46. The molecule has 0 spiro atoms. The summed E-state index contributed by atoms with van der Waals surface area (Å²) in [5.41, 5.74) is -0.177. The average molecular weight is 507 g/mol. The van der Waals surface area contributed by atoms with E-state index in [4.69, 9.17) is 19.1 Å². The smallest absolute Gasteiger partial charge is 0.387 e. The summed E-state index contributed by atoms with van der Waals surface area (Å²) in [6, 6.07) is 0. The Morgan fingerprint density at radius 3 is 2.45 bits per heavy atom. The Bertz CT molecular complexity index is 1170. The Labute approximate surface area is 172 Å². The molecule has 21 heteroatoms. The zero-order chi connectivity index (χ0) is 23.2. The minimum Gasteiger partial charge on any atom is -0.387 e. The topological polar surface area (TPSA) is 273 Å². The first-order valence-corrected chi connectivity index (χ1v) is 12.3. The normalized spacial score (nSPS) is 26.8. The van der Waals surface area contributed by atoms with E-state index >= 15 is 0 Å². The van der Waals surface area contributed by atoms with E-state index in [-0.39, 0.29) is 17.0 Å². The van der Waals surface area contributed by atoms with Crippen LogP contribution in [-0.2, 0) is 32.8 Å². The predicted octanol–water partition coefficient (Wildman–Crippen LogP) is -2.11. The molecule has 0 aromatic carbocycles. The Morgan fingerprint density at radius 1 is 1.16 bits per heavy atom. The fourth-order valence-electron chi connectivity index (χ4n) is 2.66. The summed E-state index contributed by atoms with van der Waals surface area (Å²) in [5.74, 6) is -0.325. The third kappa shape index (κ3) is 5.80. The van der Waals surface area contributed by atoms with Gasteiger partial charge in [0.25, 0.3) is 0 Å². The van der Waals surface area contributed by atoms with Gasteiger partial charge in [-0.1, -0.05) is 0 Å². The lowest BCUT2D eigenvalue weighted by molar-refractivity contribution is -0.0501. The molecule has 2 aromatic rings. The summed E-state index contributed by atoms with van der Waals surface area (Å²) in [4.78, 5) is 38.8.